The molecule has 0 N–H and O–H groups in total. The van der Waals surface area contributed by atoms with E-state index in [1.54, 1.807) is 7.11 Å². The van der Waals surface area contributed by atoms with E-state index in [-0.39, 0.29) is 6.04 Å². The first-order chi connectivity index (χ1) is 8.69. The number of imidazole rings is 1. The summed E-state index contributed by atoms with van der Waals surface area (Å²) in [6.45, 7) is 2.85. The van der Waals surface area contributed by atoms with Crippen LogP contribution in [-0.4, -0.2) is 23.3 Å². The van der Waals surface area contributed by atoms with E-state index in [9.17, 15) is 0 Å². The predicted molar refractivity (Wildman–Crippen MR) is 75.5 cm³/mol. The second-order valence-electron chi connectivity index (χ2n) is 4.27. The van der Waals surface area contributed by atoms with Crippen LogP contribution >= 0.6 is 23.2 Å². The van der Waals surface area contributed by atoms with Crippen molar-refractivity contribution in [3.63, 3.8) is 0 Å². The summed E-state index contributed by atoms with van der Waals surface area (Å²) in [5.74, 6) is 1.23. The summed E-state index contributed by atoms with van der Waals surface area (Å²) in [5, 5.41) is 0.663. The quantitative estimate of drug-likeness (QED) is 0.776. The zero-order chi connectivity index (χ0) is 13.1. The smallest absolute Gasteiger partial charge is 0.125 e. The molecule has 2 rings (SSSR count). The summed E-state index contributed by atoms with van der Waals surface area (Å²) in [6, 6.07) is 6.08. The van der Waals surface area contributed by atoms with Gasteiger partial charge in [-0.2, -0.15) is 0 Å². The Morgan fingerprint density at radius 1 is 1.44 bits per heavy atom. The Labute approximate surface area is 117 Å². The van der Waals surface area contributed by atoms with Crippen molar-refractivity contribution in [3.8, 4) is 0 Å². The molecule has 1 unspecified atom stereocenters. The molecule has 5 heteroatoms. The summed E-state index contributed by atoms with van der Waals surface area (Å²) in [7, 11) is 1.71. The fourth-order valence-corrected chi connectivity index (χ4v) is 2.53. The Kier molecular flexibility index (Phi) is 4.49. The molecule has 0 bridgehead atoms. The molecule has 18 heavy (non-hydrogen) atoms. The lowest BCUT2D eigenvalue weighted by Crippen LogP contribution is -2.10. The Hall–Kier alpha value is -0.770. The number of hydrogen-bond acceptors (Lipinski definition) is 2. The monoisotopic (exact) mass is 286 g/mol. The molecule has 0 saturated heterocycles. The highest BCUT2D eigenvalue weighted by Crippen LogP contribution is 2.28. The Morgan fingerprint density at radius 3 is 2.89 bits per heavy atom. The summed E-state index contributed by atoms with van der Waals surface area (Å²) in [5.41, 5.74) is 1.85. The van der Waals surface area contributed by atoms with Gasteiger partial charge in [0.1, 0.15) is 11.3 Å². The molecule has 0 radical (unpaired) electrons. The number of halogens is 2. The SMILES string of the molecule is COCCC(C)n1c(CCl)nc2c(Cl)cccc21. The normalized spacial score (nSPS) is 13.1. The van der Waals surface area contributed by atoms with Crippen LogP contribution in [0.25, 0.3) is 11.0 Å². The Bertz CT molecular complexity index is 539. The number of fused-ring (bicyclic) bond motifs is 1. The first kappa shape index (κ1) is 13.7. The highest BCUT2D eigenvalue weighted by molar-refractivity contribution is 6.35. The number of rotatable bonds is 5. The minimum absolute atomic E-state index is 0.280. The molecule has 0 aliphatic carbocycles. The molecular formula is C13H16Cl2N2O. The number of methoxy groups -OCH3 is 1. The van der Waals surface area contributed by atoms with Crippen molar-refractivity contribution in [3.05, 3.63) is 29.0 Å². The summed E-state index contributed by atoms with van der Waals surface area (Å²) in [6.07, 6.45) is 0.915. The topological polar surface area (TPSA) is 27.1 Å². The van der Waals surface area contributed by atoms with Crippen molar-refractivity contribution in [2.75, 3.05) is 13.7 Å². The standard InChI is InChI=1S/C13H16Cl2N2O/c1-9(6-7-18-2)17-11-5-3-4-10(15)13(11)16-12(17)8-14/h3-5,9H,6-8H2,1-2H3. The number of aromatic nitrogens is 2. The zero-order valence-electron chi connectivity index (χ0n) is 10.5. The van der Waals surface area contributed by atoms with E-state index in [0.717, 1.165) is 23.3 Å². The summed E-state index contributed by atoms with van der Waals surface area (Å²) in [4.78, 5) is 4.52. The van der Waals surface area contributed by atoms with Gasteiger partial charge >= 0.3 is 0 Å². The summed E-state index contributed by atoms with van der Waals surface area (Å²) >= 11 is 12.1. The second-order valence-corrected chi connectivity index (χ2v) is 4.94. The van der Waals surface area contributed by atoms with Crippen LogP contribution in [0.5, 0.6) is 0 Å². The zero-order valence-corrected chi connectivity index (χ0v) is 12.0. The van der Waals surface area contributed by atoms with E-state index in [0.29, 0.717) is 17.5 Å². The van der Waals surface area contributed by atoms with Gasteiger partial charge in [-0.25, -0.2) is 4.98 Å². The van der Waals surface area contributed by atoms with Gasteiger partial charge in [0.25, 0.3) is 0 Å². The van der Waals surface area contributed by atoms with Gasteiger partial charge in [0.2, 0.25) is 0 Å². The molecule has 0 aliphatic rings. The average Bonchev–Trinajstić information content (AvgIpc) is 2.76. The van der Waals surface area contributed by atoms with Crippen LogP contribution < -0.4 is 0 Å². The fourth-order valence-electron chi connectivity index (χ4n) is 2.13. The lowest BCUT2D eigenvalue weighted by Gasteiger charge is -2.16. The largest absolute Gasteiger partial charge is 0.385 e. The molecule has 1 aromatic carbocycles. The molecular weight excluding hydrogens is 271 g/mol. The van der Waals surface area contributed by atoms with Crippen molar-refractivity contribution in [1.82, 2.24) is 9.55 Å². The number of ether oxygens (including phenoxy) is 1. The van der Waals surface area contributed by atoms with Gasteiger partial charge in [0.15, 0.2) is 0 Å². The molecule has 1 atom stereocenters. The molecule has 0 aliphatic heterocycles. The molecule has 0 saturated carbocycles. The van der Waals surface area contributed by atoms with Crippen LogP contribution in [0, 0.1) is 0 Å². The third-order valence-corrected chi connectivity index (χ3v) is 3.59. The minimum Gasteiger partial charge on any atom is -0.385 e. The lowest BCUT2D eigenvalue weighted by atomic mass is 10.2. The molecule has 98 valence electrons. The van der Waals surface area contributed by atoms with Crippen LogP contribution in [0.2, 0.25) is 5.02 Å². The Morgan fingerprint density at radius 2 is 2.22 bits per heavy atom. The van der Waals surface area contributed by atoms with Gasteiger partial charge in [-0.3, -0.25) is 0 Å². The molecule has 0 spiro atoms. The van der Waals surface area contributed by atoms with E-state index in [1.807, 2.05) is 18.2 Å². The van der Waals surface area contributed by atoms with Crippen LogP contribution in [0.1, 0.15) is 25.2 Å². The number of benzene rings is 1. The average molecular weight is 287 g/mol. The molecule has 0 fully saturated rings. The van der Waals surface area contributed by atoms with Crippen LogP contribution in [0.15, 0.2) is 18.2 Å². The van der Waals surface area contributed by atoms with E-state index in [1.165, 1.54) is 0 Å². The minimum atomic E-state index is 0.280. The highest BCUT2D eigenvalue weighted by Gasteiger charge is 2.16. The number of nitrogens with zero attached hydrogens (tertiary/aromatic N) is 2. The van der Waals surface area contributed by atoms with Crippen molar-refractivity contribution in [2.24, 2.45) is 0 Å². The van der Waals surface area contributed by atoms with Gasteiger partial charge < -0.3 is 9.30 Å². The fraction of sp³-hybridized carbons (Fsp3) is 0.462. The van der Waals surface area contributed by atoms with Gasteiger partial charge in [-0.15, -0.1) is 11.6 Å². The lowest BCUT2D eigenvalue weighted by molar-refractivity contribution is 0.181. The molecule has 0 amide bonds. The number of hydrogen-bond donors (Lipinski definition) is 0. The molecule has 3 nitrogen and oxygen atoms in total. The van der Waals surface area contributed by atoms with E-state index in [4.69, 9.17) is 27.9 Å². The molecule has 1 heterocycles. The first-order valence-corrected chi connectivity index (χ1v) is 6.80. The molecule has 1 aromatic heterocycles. The van der Waals surface area contributed by atoms with Gasteiger partial charge in [-0.05, 0) is 25.5 Å². The number of alkyl halides is 1. The van der Waals surface area contributed by atoms with Crippen LogP contribution in [-0.2, 0) is 10.6 Å². The van der Waals surface area contributed by atoms with Gasteiger partial charge in [-0.1, -0.05) is 17.7 Å². The third-order valence-electron chi connectivity index (χ3n) is 3.04. The van der Waals surface area contributed by atoms with Gasteiger partial charge in [0.05, 0.1) is 16.4 Å². The van der Waals surface area contributed by atoms with E-state index in [2.05, 4.69) is 16.5 Å². The van der Waals surface area contributed by atoms with Crippen LogP contribution in [0.3, 0.4) is 0 Å². The van der Waals surface area contributed by atoms with Crippen molar-refractivity contribution < 1.29 is 4.74 Å². The maximum Gasteiger partial charge on any atom is 0.125 e. The van der Waals surface area contributed by atoms with Crippen molar-refractivity contribution in [2.45, 2.75) is 25.3 Å². The van der Waals surface area contributed by atoms with E-state index < -0.39 is 0 Å². The molecule has 2 aromatic rings. The van der Waals surface area contributed by atoms with Crippen molar-refractivity contribution >= 4 is 34.2 Å². The van der Waals surface area contributed by atoms with E-state index >= 15 is 0 Å². The maximum absolute atomic E-state index is 6.16. The predicted octanol–water partition coefficient (Wildman–Crippen LogP) is 4.03. The first-order valence-electron chi connectivity index (χ1n) is 5.89. The summed E-state index contributed by atoms with van der Waals surface area (Å²) < 4.78 is 7.27. The second kappa shape index (κ2) is 5.91. The third kappa shape index (κ3) is 2.48. The Balaban J connectivity index is 2.50. The maximum atomic E-state index is 6.16. The van der Waals surface area contributed by atoms with Gasteiger partial charge in [0, 0.05) is 19.8 Å². The highest BCUT2D eigenvalue weighted by atomic mass is 35.5. The number of para-hydroxylation sites is 1. The van der Waals surface area contributed by atoms with Crippen LogP contribution in [0.4, 0.5) is 0 Å². The van der Waals surface area contributed by atoms with Crippen molar-refractivity contribution in [1.29, 1.82) is 0 Å².